The average Bonchev–Trinajstić information content (AvgIpc) is 2.68. The van der Waals surface area contributed by atoms with Gasteiger partial charge in [0.05, 0.1) is 6.10 Å². The quantitative estimate of drug-likeness (QED) is 0.522. The molecule has 160 valence electrons. The molecule has 2 aliphatic rings. The summed E-state index contributed by atoms with van der Waals surface area (Å²) >= 11 is 0. The second-order valence-electron chi connectivity index (χ2n) is 7.38. The van der Waals surface area contributed by atoms with E-state index < -0.39 is 30.3 Å². The van der Waals surface area contributed by atoms with Crippen LogP contribution in [0.25, 0.3) is 6.08 Å². The first-order valence-corrected chi connectivity index (χ1v) is 10.0. The molecular weight excluding hydrogens is 388 g/mol. The van der Waals surface area contributed by atoms with E-state index in [0.29, 0.717) is 19.3 Å². The first-order chi connectivity index (χ1) is 14.4. The van der Waals surface area contributed by atoms with Gasteiger partial charge in [0.1, 0.15) is 18.3 Å². The van der Waals surface area contributed by atoms with Crippen LogP contribution in [0.3, 0.4) is 0 Å². The van der Waals surface area contributed by atoms with Gasteiger partial charge in [-0.25, -0.2) is 4.79 Å². The smallest absolute Gasteiger partial charge is 0.330 e. The molecule has 1 saturated heterocycles. The van der Waals surface area contributed by atoms with Gasteiger partial charge in [0.15, 0.2) is 6.10 Å². The Morgan fingerprint density at radius 3 is 2.50 bits per heavy atom. The molecule has 7 heteroatoms. The van der Waals surface area contributed by atoms with Crippen molar-refractivity contribution >= 4 is 24.0 Å². The largest absolute Gasteiger partial charge is 0.459 e. The van der Waals surface area contributed by atoms with Crippen molar-refractivity contribution in [3.8, 4) is 0 Å². The number of carbonyl (C=O) groups is 3. The van der Waals surface area contributed by atoms with Crippen LogP contribution < -0.4 is 0 Å². The molecule has 5 atom stereocenters. The van der Waals surface area contributed by atoms with E-state index in [9.17, 15) is 14.4 Å². The van der Waals surface area contributed by atoms with Gasteiger partial charge in [-0.3, -0.25) is 9.59 Å². The van der Waals surface area contributed by atoms with Crippen LogP contribution in [0.4, 0.5) is 0 Å². The molecule has 30 heavy (non-hydrogen) atoms. The summed E-state index contributed by atoms with van der Waals surface area (Å²) in [6.07, 6.45) is 5.55. The molecule has 0 spiro atoms. The van der Waals surface area contributed by atoms with Crippen molar-refractivity contribution in [1.82, 2.24) is 0 Å². The van der Waals surface area contributed by atoms with E-state index in [4.69, 9.17) is 18.9 Å². The van der Waals surface area contributed by atoms with E-state index >= 15 is 0 Å². The van der Waals surface area contributed by atoms with Crippen molar-refractivity contribution in [2.75, 3.05) is 0 Å². The predicted molar refractivity (Wildman–Crippen MR) is 108 cm³/mol. The van der Waals surface area contributed by atoms with Crippen LogP contribution in [-0.4, -0.2) is 48.4 Å². The molecule has 1 fully saturated rings. The second-order valence-corrected chi connectivity index (χ2v) is 7.38. The zero-order valence-corrected chi connectivity index (χ0v) is 17.1. The van der Waals surface area contributed by atoms with Crippen LogP contribution in [0.1, 0.15) is 38.7 Å². The minimum Gasteiger partial charge on any atom is -0.459 e. The molecule has 0 radical (unpaired) electrons. The summed E-state index contributed by atoms with van der Waals surface area (Å²) in [5.74, 6) is -1.32. The lowest BCUT2D eigenvalue weighted by atomic mass is 9.93. The zero-order valence-electron chi connectivity index (χ0n) is 17.1. The summed E-state index contributed by atoms with van der Waals surface area (Å²) in [4.78, 5) is 34.9. The van der Waals surface area contributed by atoms with E-state index in [-0.39, 0.29) is 18.2 Å². The van der Waals surface area contributed by atoms with Crippen molar-refractivity contribution in [1.29, 1.82) is 0 Å². The van der Waals surface area contributed by atoms with Gasteiger partial charge in [0.25, 0.3) is 0 Å². The van der Waals surface area contributed by atoms with E-state index in [2.05, 4.69) is 0 Å². The fourth-order valence-corrected chi connectivity index (χ4v) is 3.70. The highest BCUT2D eigenvalue weighted by Gasteiger charge is 2.42. The third-order valence-electron chi connectivity index (χ3n) is 4.89. The third-order valence-corrected chi connectivity index (χ3v) is 4.89. The zero-order chi connectivity index (χ0) is 21.5. The van der Waals surface area contributed by atoms with Crippen LogP contribution in [0.5, 0.6) is 0 Å². The van der Waals surface area contributed by atoms with E-state index in [0.717, 1.165) is 5.56 Å². The standard InChI is InChI=1S/C23H26O7/c1-15(24)27-21-14-19(13-18-9-6-10-22(26)30-18)29-20(23(21)28-16(2)25)12-11-17-7-4-3-5-8-17/h3-8,10-12,18-21,23H,9,13-14H2,1-2H3/t18-,19+,20+,21-,23+/m0/s1. The Morgan fingerprint density at radius 2 is 1.83 bits per heavy atom. The molecule has 0 N–H and O–H groups in total. The van der Waals surface area contributed by atoms with Crippen LogP contribution in [-0.2, 0) is 33.3 Å². The van der Waals surface area contributed by atoms with Crippen molar-refractivity contribution in [3.63, 3.8) is 0 Å². The number of benzene rings is 1. The summed E-state index contributed by atoms with van der Waals surface area (Å²) in [5, 5.41) is 0. The van der Waals surface area contributed by atoms with E-state index in [1.54, 1.807) is 12.2 Å². The Hall–Kier alpha value is -2.93. The Morgan fingerprint density at radius 1 is 1.10 bits per heavy atom. The van der Waals surface area contributed by atoms with Crippen molar-refractivity contribution in [3.05, 3.63) is 54.1 Å². The normalized spacial score (nSPS) is 28.7. The number of cyclic esters (lactones) is 1. The van der Waals surface area contributed by atoms with Gasteiger partial charge < -0.3 is 18.9 Å². The van der Waals surface area contributed by atoms with Crippen molar-refractivity contribution in [2.45, 2.75) is 63.6 Å². The molecule has 1 aromatic carbocycles. The van der Waals surface area contributed by atoms with Crippen molar-refractivity contribution < 1.29 is 33.3 Å². The Bertz CT molecular complexity index is 814. The molecule has 0 unspecified atom stereocenters. The van der Waals surface area contributed by atoms with Crippen molar-refractivity contribution in [2.24, 2.45) is 0 Å². The Labute approximate surface area is 175 Å². The number of rotatable bonds is 6. The molecule has 2 heterocycles. The van der Waals surface area contributed by atoms with Gasteiger partial charge in [-0.1, -0.05) is 48.6 Å². The highest BCUT2D eigenvalue weighted by Crippen LogP contribution is 2.30. The lowest BCUT2D eigenvalue weighted by Gasteiger charge is -2.40. The van der Waals surface area contributed by atoms with Gasteiger partial charge in [-0.2, -0.15) is 0 Å². The van der Waals surface area contributed by atoms with Crippen LogP contribution in [0.2, 0.25) is 0 Å². The highest BCUT2D eigenvalue weighted by atomic mass is 16.6. The lowest BCUT2D eigenvalue weighted by Crippen LogP contribution is -2.51. The molecule has 1 aromatic rings. The molecule has 0 bridgehead atoms. The topological polar surface area (TPSA) is 88.1 Å². The predicted octanol–water partition coefficient (Wildman–Crippen LogP) is 2.98. The number of hydrogen-bond donors (Lipinski definition) is 0. The molecule has 7 nitrogen and oxygen atoms in total. The summed E-state index contributed by atoms with van der Waals surface area (Å²) in [7, 11) is 0. The molecule has 0 aliphatic carbocycles. The number of ether oxygens (including phenoxy) is 4. The van der Waals surface area contributed by atoms with Gasteiger partial charge in [0.2, 0.25) is 0 Å². The van der Waals surface area contributed by atoms with Gasteiger partial charge in [-0.05, 0) is 5.56 Å². The molecule has 0 amide bonds. The number of carbonyl (C=O) groups excluding carboxylic acids is 3. The SMILES string of the molecule is CC(=O)O[C@H]1[C@@H](OC(C)=O)C[C@@H](C[C@@H]2CC=CC(=O)O2)O[C@@H]1C=Cc1ccccc1. The number of esters is 3. The third kappa shape index (κ3) is 6.29. The average molecular weight is 414 g/mol. The van der Waals surface area contributed by atoms with Crippen LogP contribution >= 0.6 is 0 Å². The molecule has 0 aromatic heterocycles. The summed E-state index contributed by atoms with van der Waals surface area (Å²) in [6.45, 7) is 2.63. The lowest BCUT2D eigenvalue weighted by molar-refractivity contribution is -0.201. The molecule has 3 rings (SSSR count). The van der Waals surface area contributed by atoms with Crippen LogP contribution in [0.15, 0.2) is 48.6 Å². The Kier molecular flexibility index (Phi) is 7.41. The van der Waals surface area contributed by atoms with E-state index in [1.807, 2.05) is 36.4 Å². The summed E-state index contributed by atoms with van der Waals surface area (Å²) < 4.78 is 22.5. The maximum Gasteiger partial charge on any atom is 0.330 e. The fourth-order valence-electron chi connectivity index (χ4n) is 3.70. The maximum atomic E-state index is 11.7. The first kappa shape index (κ1) is 21.8. The maximum absolute atomic E-state index is 11.7. The molecular formula is C23H26O7. The molecule has 0 saturated carbocycles. The van der Waals surface area contributed by atoms with Crippen LogP contribution in [0, 0.1) is 0 Å². The summed E-state index contributed by atoms with van der Waals surface area (Å²) in [5.41, 5.74) is 0.959. The monoisotopic (exact) mass is 414 g/mol. The second kappa shape index (κ2) is 10.2. The van der Waals surface area contributed by atoms with Gasteiger partial charge in [-0.15, -0.1) is 0 Å². The van der Waals surface area contributed by atoms with Gasteiger partial charge >= 0.3 is 17.9 Å². The van der Waals surface area contributed by atoms with Gasteiger partial charge in [0, 0.05) is 39.2 Å². The minimum absolute atomic E-state index is 0.311. The highest BCUT2D eigenvalue weighted by molar-refractivity contribution is 5.82. The fraction of sp³-hybridized carbons (Fsp3) is 0.435. The first-order valence-electron chi connectivity index (χ1n) is 10.0. The molecule has 2 aliphatic heterocycles. The summed E-state index contributed by atoms with van der Waals surface area (Å²) in [6, 6.07) is 9.63. The Balaban J connectivity index is 1.80. The number of hydrogen-bond acceptors (Lipinski definition) is 7. The van der Waals surface area contributed by atoms with E-state index in [1.165, 1.54) is 19.9 Å². The minimum atomic E-state index is -0.767.